The molecule has 6 aliphatic rings. The Labute approximate surface area is 219 Å². The number of cyclic esters (lactones) is 1. The number of hydrogen-bond donors (Lipinski definition) is 4. The van der Waals surface area contributed by atoms with E-state index in [4.69, 9.17) is 14.2 Å². The van der Waals surface area contributed by atoms with Crippen LogP contribution in [0.15, 0.2) is 11.6 Å². The molecule has 1 saturated heterocycles. The lowest BCUT2D eigenvalue weighted by Crippen LogP contribution is -2.62. The largest absolute Gasteiger partial charge is 0.458 e. The molecule has 13 atom stereocenters. The van der Waals surface area contributed by atoms with Crippen LogP contribution in [0.5, 0.6) is 0 Å². The van der Waals surface area contributed by atoms with E-state index in [1.165, 1.54) is 0 Å². The Kier molecular flexibility index (Phi) is 6.37. The Bertz CT molecular complexity index is 952. The van der Waals surface area contributed by atoms with Gasteiger partial charge in [0.05, 0.1) is 17.8 Å². The predicted molar refractivity (Wildman–Crippen MR) is 133 cm³/mol. The van der Waals surface area contributed by atoms with E-state index in [1.807, 2.05) is 0 Å². The molecule has 2 heterocycles. The monoisotopic (exact) mass is 520 g/mol. The molecule has 0 unspecified atom stereocenters. The average Bonchev–Trinajstić information content (AvgIpc) is 3.41. The van der Waals surface area contributed by atoms with Crippen molar-refractivity contribution < 1.29 is 39.4 Å². The van der Waals surface area contributed by atoms with Crippen molar-refractivity contribution in [2.45, 2.75) is 121 Å². The second kappa shape index (κ2) is 9.00. The summed E-state index contributed by atoms with van der Waals surface area (Å²) in [5, 5.41) is 43.0. The number of hydrogen-bond acceptors (Lipinski definition) is 8. The van der Waals surface area contributed by atoms with Crippen LogP contribution >= 0.6 is 0 Å². The summed E-state index contributed by atoms with van der Waals surface area (Å²) in [5.74, 6) is 1.14. The van der Waals surface area contributed by atoms with Crippen LogP contribution in [-0.2, 0) is 19.0 Å². The van der Waals surface area contributed by atoms with Crippen LogP contribution in [0.4, 0.5) is 0 Å². The molecule has 8 heteroatoms. The van der Waals surface area contributed by atoms with Crippen LogP contribution in [0.1, 0.15) is 78.6 Å². The lowest BCUT2D eigenvalue weighted by molar-refractivity contribution is -0.310. The molecule has 0 aromatic carbocycles. The molecule has 4 aliphatic carbocycles. The third-order valence-electron chi connectivity index (χ3n) is 12.1. The Balaban J connectivity index is 1.16. The summed E-state index contributed by atoms with van der Waals surface area (Å²) in [7, 11) is 0. The van der Waals surface area contributed by atoms with Gasteiger partial charge in [0.15, 0.2) is 6.29 Å². The maximum atomic E-state index is 12.4. The standard InChI is InChI=1S/C29H44O8/c1-15-23(31)24(32)25(33)26(36-15)37-18-6-9-27(2)17(13-18)4-5-21-20(27)7-10-28(3)19(8-11-29(21,28)34)16-12-22(30)35-14-16/h12,15,17-21,23-26,31-34H,4-11,13-14H2,1-3H3/t15-,17-,18+,19-,20+,21-,23+,24-,25-,26+,27+,28-,29+/m1/s1. The van der Waals surface area contributed by atoms with Crippen LogP contribution in [0.2, 0.25) is 0 Å². The summed E-state index contributed by atoms with van der Waals surface area (Å²) in [6.45, 7) is 6.73. The fourth-order valence-corrected chi connectivity index (χ4v) is 9.81. The van der Waals surface area contributed by atoms with Crippen LogP contribution in [-0.4, -0.2) is 75.4 Å². The van der Waals surface area contributed by atoms with Gasteiger partial charge in [0.2, 0.25) is 0 Å². The van der Waals surface area contributed by atoms with E-state index < -0.39 is 36.3 Å². The molecule has 4 saturated carbocycles. The summed E-state index contributed by atoms with van der Waals surface area (Å²) < 4.78 is 17.2. The third kappa shape index (κ3) is 3.80. The fraction of sp³-hybridized carbons (Fsp3) is 0.897. The number of fused-ring (bicyclic) bond motifs is 5. The highest BCUT2D eigenvalue weighted by molar-refractivity contribution is 5.85. The van der Waals surface area contributed by atoms with E-state index in [2.05, 4.69) is 13.8 Å². The van der Waals surface area contributed by atoms with E-state index in [0.717, 1.165) is 63.4 Å². The Morgan fingerprint density at radius 1 is 0.946 bits per heavy atom. The third-order valence-corrected chi connectivity index (χ3v) is 12.1. The van der Waals surface area contributed by atoms with Gasteiger partial charge in [0, 0.05) is 11.5 Å². The van der Waals surface area contributed by atoms with Crippen LogP contribution in [0.25, 0.3) is 0 Å². The first-order valence-electron chi connectivity index (χ1n) is 14.4. The maximum Gasteiger partial charge on any atom is 0.331 e. The maximum absolute atomic E-state index is 12.4. The lowest BCUT2D eigenvalue weighted by atomic mass is 9.43. The molecule has 6 rings (SSSR count). The molecule has 5 fully saturated rings. The first kappa shape index (κ1) is 26.2. The zero-order chi connectivity index (χ0) is 26.3. The van der Waals surface area contributed by atoms with Crippen molar-refractivity contribution in [3.05, 3.63) is 11.6 Å². The molecule has 0 radical (unpaired) electrons. The van der Waals surface area contributed by atoms with Gasteiger partial charge in [-0.05, 0) is 99.4 Å². The molecule has 0 spiro atoms. The Morgan fingerprint density at radius 2 is 1.73 bits per heavy atom. The van der Waals surface area contributed by atoms with Crippen molar-refractivity contribution >= 4 is 5.97 Å². The lowest BCUT2D eigenvalue weighted by Gasteiger charge is -2.64. The molecule has 4 N–H and O–H groups in total. The second-order valence-electron chi connectivity index (χ2n) is 13.5. The molecule has 208 valence electrons. The Hall–Kier alpha value is -1.03. The molecule has 2 aliphatic heterocycles. The van der Waals surface area contributed by atoms with Gasteiger partial charge in [0.25, 0.3) is 0 Å². The van der Waals surface area contributed by atoms with Crippen molar-refractivity contribution in [3.8, 4) is 0 Å². The van der Waals surface area contributed by atoms with E-state index in [0.29, 0.717) is 18.4 Å². The molecule has 37 heavy (non-hydrogen) atoms. The topological polar surface area (TPSA) is 126 Å². The summed E-state index contributed by atoms with van der Waals surface area (Å²) >= 11 is 0. The van der Waals surface area contributed by atoms with Crippen molar-refractivity contribution in [2.75, 3.05) is 6.61 Å². The van der Waals surface area contributed by atoms with E-state index >= 15 is 0 Å². The number of aliphatic hydroxyl groups is 4. The van der Waals surface area contributed by atoms with Crippen molar-refractivity contribution in [1.82, 2.24) is 0 Å². The average molecular weight is 521 g/mol. The SMILES string of the molecule is C[C@H]1O[C@@H](O[C@H]2CC[C@@]3(C)[C@H](CC[C@@H]4[C@@H]3CC[C@]3(C)[C@@H](C5=CC(=O)OC5)CC[C@]43O)C2)[C@H](O)[C@H](O)[C@H]1O. The van der Waals surface area contributed by atoms with E-state index in [9.17, 15) is 25.2 Å². The highest BCUT2D eigenvalue weighted by atomic mass is 16.7. The number of rotatable bonds is 3. The van der Waals surface area contributed by atoms with Crippen molar-refractivity contribution in [1.29, 1.82) is 0 Å². The predicted octanol–water partition coefficient (Wildman–Crippen LogP) is 2.46. The quantitative estimate of drug-likeness (QED) is 0.330. The van der Waals surface area contributed by atoms with Crippen molar-refractivity contribution in [3.63, 3.8) is 0 Å². The van der Waals surface area contributed by atoms with Gasteiger partial charge < -0.3 is 34.6 Å². The Morgan fingerprint density at radius 3 is 2.46 bits per heavy atom. The van der Waals surface area contributed by atoms with Crippen LogP contribution < -0.4 is 0 Å². The van der Waals surface area contributed by atoms with Crippen LogP contribution in [0, 0.1) is 34.5 Å². The minimum absolute atomic E-state index is 0.0661. The number of aliphatic hydroxyl groups excluding tert-OH is 3. The molecular formula is C29H44O8. The minimum Gasteiger partial charge on any atom is -0.458 e. The molecular weight excluding hydrogens is 476 g/mol. The molecule has 0 aromatic rings. The summed E-state index contributed by atoms with van der Waals surface area (Å²) in [5.41, 5.74) is 0.243. The molecule has 0 aromatic heterocycles. The first-order valence-corrected chi connectivity index (χ1v) is 14.4. The minimum atomic E-state index is -1.28. The van der Waals surface area contributed by atoms with E-state index in [-0.39, 0.29) is 34.7 Å². The second-order valence-corrected chi connectivity index (χ2v) is 13.5. The molecule has 8 nitrogen and oxygen atoms in total. The van der Waals surface area contributed by atoms with Gasteiger partial charge >= 0.3 is 5.97 Å². The molecule has 0 bridgehead atoms. The van der Waals surface area contributed by atoms with Gasteiger partial charge in [-0.2, -0.15) is 0 Å². The number of esters is 1. The van der Waals surface area contributed by atoms with Crippen molar-refractivity contribution in [2.24, 2.45) is 34.5 Å². The number of carbonyl (C=O) groups is 1. The normalized spacial score (nSPS) is 55.6. The summed E-state index contributed by atoms with van der Waals surface area (Å²) in [4.78, 5) is 11.8. The number of carbonyl (C=O) groups excluding carboxylic acids is 1. The highest BCUT2D eigenvalue weighted by Crippen LogP contribution is 2.70. The fourth-order valence-electron chi connectivity index (χ4n) is 9.81. The number of ether oxygens (including phenoxy) is 3. The summed E-state index contributed by atoms with van der Waals surface area (Å²) in [6, 6.07) is 0. The van der Waals surface area contributed by atoms with Crippen LogP contribution in [0.3, 0.4) is 0 Å². The van der Waals surface area contributed by atoms with Gasteiger partial charge in [-0.1, -0.05) is 13.8 Å². The zero-order valence-corrected chi connectivity index (χ0v) is 22.3. The van der Waals surface area contributed by atoms with Gasteiger partial charge in [-0.25, -0.2) is 4.79 Å². The van der Waals surface area contributed by atoms with Gasteiger partial charge in [-0.15, -0.1) is 0 Å². The van der Waals surface area contributed by atoms with Gasteiger partial charge in [-0.3, -0.25) is 0 Å². The zero-order valence-electron chi connectivity index (χ0n) is 22.3. The first-order chi connectivity index (χ1) is 17.5. The smallest absolute Gasteiger partial charge is 0.331 e. The highest BCUT2D eigenvalue weighted by Gasteiger charge is 2.67. The van der Waals surface area contributed by atoms with Gasteiger partial charge in [0.1, 0.15) is 24.9 Å². The van der Waals surface area contributed by atoms with E-state index in [1.54, 1.807) is 13.0 Å². The molecule has 0 amide bonds. The summed E-state index contributed by atoms with van der Waals surface area (Å²) in [6.07, 6.45) is 4.88.